The van der Waals surface area contributed by atoms with Crippen LogP contribution in [0.1, 0.15) is 35.0 Å². The standard InChI is InChI=1S/C14H15ClN2OS.C4H8/c1-8-12(13(16)18)9(2)17(3)14(8)19-11-6-4-5-10(15)7-11;1-3-4-2/h4-7H,1-3H3,(H2,16,18);3H,1,4H2,2H3. The van der Waals surface area contributed by atoms with Crippen LogP contribution in [0.3, 0.4) is 0 Å². The van der Waals surface area contributed by atoms with Crippen LogP contribution in [0, 0.1) is 13.8 Å². The average Bonchev–Trinajstić information content (AvgIpc) is 2.71. The fourth-order valence-corrected chi connectivity index (χ4v) is 3.44. The summed E-state index contributed by atoms with van der Waals surface area (Å²) in [5, 5.41) is 1.71. The second-order valence-electron chi connectivity index (χ2n) is 5.07. The summed E-state index contributed by atoms with van der Waals surface area (Å²) >= 11 is 7.56. The van der Waals surface area contributed by atoms with E-state index in [-0.39, 0.29) is 5.91 Å². The predicted molar refractivity (Wildman–Crippen MR) is 99.5 cm³/mol. The second-order valence-corrected chi connectivity index (χ2v) is 6.57. The summed E-state index contributed by atoms with van der Waals surface area (Å²) in [5.74, 6) is -0.386. The molecular weight excluding hydrogens is 328 g/mol. The average molecular weight is 351 g/mol. The van der Waals surface area contributed by atoms with E-state index in [9.17, 15) is 4.79 Å². The topological polar surface area (TPSA) is 48.0 Å². The molecule has 1 heterocycles. The Morgan fingerprint density at radius 1 is 1.43 bits per heavy atom. The van der Waals surface area contributed by atoms with Gasteiger partial charge < -0.3 is 10.3 Å². The first-order valence-corrected chi connectivity index (χ1v) is 8.52. The number of allylic oxidation sites excluding steroid dienone is 1. The van der Waals surface area contributed by atoms with Crippen LogP contribution in [0.15, 0.2) is 46.8 Å². The minimum atomic E-state index is -0.386. The lowest BCUT2D eigenvalue weighted by atomic mass is 10.1. The molecule has 2 rings (SSSR count). The van der Waals surface area contributed by atoms with E-state index in [2.05, 4.69) is 13.5 Å². The number of halogens is 1. The molecule has 0 aliphatic carbocycles. The fraction of sp³-hybridized carbons (Fsp3) is 0.278. The molecule has 0 fully saturated rings. The van der Waals surface area contributed by atoms with E-state index < -0.39 is 0 Å². The van der Waals surface area contributed by atoms with Gasteiger partial charge in [0.2, 0.25) is 0 Å². The summed E-state index contributed by atoms with van der Waals surface area (Å²) < 4.78 is 1.99. The zero-order chi connectivity index (χ0) is 17.6. The Kier molecular flexibility index (Phi) is 7.46. The fourth-order valence-electron chi connectivity index (χ4n) is 2.10. The Morgan fingerprint density at radius 2 is 2.04 bits per heavy atom. The molecule has 2 aromatic rings. The molecule has 1 aromatic carbocycles. The molecule has 0 saturated heterocycles. The van der Waals surface area contributed by atoms with Crippen molar-refractivity contribution in [1.82, 2.24) is 4.57 Å². The molecule has 0 bridgehead atoms. The predicted octanol–water partition coefficient (Wildman–Crippen LogP) is 5.13. The minimum Gasteiger partial charge on any atom is -0.366 e. The Hall–Kier alpha value is -1.65. The number of amides is 1. The van der Waals surface area contributed by atoms with Gasteiger partial charge in [0.15, 0.2) is 0 Å². The molecule has 0 unspecified atom stereocenters. The quantitative estimate of drug-likeness (QED) is 0.777. The van der Waals surface area contributed by atoms with Crippen molar-refractivity contribution in [1.29, 1.82) is 0 Å². The third-order valence-electron chi connectivity index (χ3n) is 3.41. The van der Waals surface area contributed by atoms with Crippen LogP contribution < -0.4 is 5.73 Å². The molecule has 0 radical (unpaired) electrons. The summed E-state index contributed by atoms with van der Waals surface area (Å²) in [6.45, 7) is 9.36. The van der Waals surface area contributed by atoms with E-state index in [0.717, 1.165) is 27.6 Å². The first-order chi connectivity index (χ1) is 10.8. The Bertz CT molecular complexity index is 707. The van der Waals surface area contributed by atoms with Crippen molar-refractivity contribution in [3.63, 3.8) is 0 Å². The number of nitrogens with zero attached hydrogens (tertiary/aromatic N) is 1. The number of aromatic nitrogens is 1. The first-order valence-electron chi connectivity index (χ1n) is 7.33. The smallest absolute Gasteiger partial charge is 0.250 e. The van der Waals surface area contributed by atoms with Crippen LogP contribution in [-0.4, -0.2) is 10.5 Å². The Labute approximate surface area is 147 Å². The highest BCUT2D eigenvalue weighted by Gasteiger charge is 2.19. The van der Waals surface area contributed by atoms with Crippen molar-refractivity contribution in [2.45, 2.75) is 37.1 Å². The number of hydrogen-bond donors (Lipinski definition) is 1. The monoisotopic (exact) mass is 350 g/mol. The lowest BCUT2D eigenvalue weighted by Gasteiger charge is -2.06. The molecule has 2 N–H and O–H groups in total. The lowest BCUT2D eigenvalue weighted by molar-refractivity contribution is 0.0999. The third kappa shape index (κ3) is 4.91. The van der Waals surface area contributed by atoms with Gasteiger partial charge in [-0.1, -0.05) is 42.4 Å². The summed E-state index contributed by atoms with van der Waals surface area (Å²) in [5.41, 5.74) is 7.83. The van der Waals surface area contributed by atoms with Gasteiger partial charge in [-0.15, -0.1) is 6.58 Å². The van der Waals surface area contributed by atoms with Crippen molar-refractivity contribution < 1.29 is 4.79 Å². The highest BCUT2D eigenvalue weighted by atomic mass is 35.5. The van der Waals surface area contributed by atoms with Crippen LogP contribution >= 0.6 is 23.4 Å². The van der Waals surface area contributed by atoms with Crippen LogP contribution in [0.5, 0.6) is 0 Å². The van der Waals surface area contributed by atoms with Crippen molar-refractivity contribution in [2.75, 3.05) is 0 Å². The third-order valence-corrected chi connectivity index (χ3v) is 4.91. The van der Waals surface area contributed by atoms with Crippen molar-refractivity contribution in [3.8, 4) is 0 Å². The molecule has 3 nitrogen and oxygen atoms in total. The second kappa shape index (κ2) is 8.85. The van der Waals surface area contributed by atoms with E-state index in [0.29, 0.717) is 10.6 Å². The molecule has 0 aliphatic heterocycles. The number of nitrogens with two attached hydrogens (primary N) is 1. The molecule has 1 aromatic heterocycles. The molecule has 0 atom stereocenters. The molecule has 0 saturated carbocycles. The number of carbonyl (C=O) groups excluding carboxylic acids is 1. The molecule has 23 heavy (non-hydrogen) atoms. The summed E-state index contributed by atoms with van der Waals surface area (Å²) in [4.78, 5) is 12.5. The number of carbonyl (C=O) groups is 1. The SMILES string of the molecule is C=CCC.Cc1c(C(N)=O)c(C)n(C)c1Sc1cccc(Cl)c1. The number of rotatable bonds is 4. The van der Waals surface area contributed by atoms with E-state index in [1.807, 2.05) is 55.8 Å². The number of hydrogen-bond acceptors (Lipinski definition) is 2. The van der Waals surface area contributed by atoms with Crippen molar-refractivity contribution >= 4 is 29.3 Å². The van der Waals surface area contributed by atoms with Crippen molar-refractivity contribution in [2.24, 2.45) is 12.8 Å². The molecule has 0 spiro atoms. The number of primary amides is 1. The summed E-state index contributed by atoms with van der Waals surface area (Å²) in [6, 6.07) is 7.63. The van der Waals surface area contributed by atoms with Crippen LogP contribution in [-0.2, 0) is 7.05 Å². The first kappa shape index (κ1) is 19.4. The summed E-state index contributed by atoms with van der Waals surface area (Å²) in [7, 11) is 1.93. The summed E-state index contributed by atoms with van der Waals surface area (Å²) in [6.07, 6.45) is 2.96. The molecule has 5 heteroatoms. The van der Waals surface area contributed by atoms with Gasteiger partial charge in [-0.25, -0.2) is 0 Å². The minimum absolute atomic E-state index is 0.386. The Morgan fingerprint density at radius 3 is 2.48 bits per heavy atom. The maximum atomic E-state index is 11.5. The van der Waals surface area contributed by atoms with Gasteiger partial charge in [0.25, 0.3) is 5.91 Å². The van der Waals surface area contributed by atoms with Gasteiger partial charge in [-0.3, -0.25) is 4.79 Å². The van der Waals surface area contributed by atoms with E-state index in [4.69, 9.17) is 17.3 Å². The van der Waals surface area contributed by atoms with Crippen LogP contribution in [0.4, 0.5) is 0 Å². The highest BCUT2D eigenvalue weighted by molar-refractivity contribution is 7.99. The van der Waals surface area contributed by atoms with E-state index in [1.165, 1.54) is 0 Å². The molecule has 1 amide bonds. The number of benzene rings is 1. The van der Waals surface area contributed by atoms with Gasteiger partial charge >= 0.3 is 0 Å². The zero-order valence-corrected chi connectivity index (χ0v) is 15.6. The zero-order valence-electron chi connectivity index (χ0n) is 14.0. The maximum absolute atomic E-state index is 11.5. The highest BCUT2D eigenvalue weighted by Crippen LogP contribution is 2.35. The largest absolute Gasteiger partial charge is 0.366 e. The van der Waals surface area contributed by atoms with E-state index in [1.54, 1.807) is 11.8 Å². The van der Waals surface area contributed by atoms with Crippen molar-refractivity contribution in [3.05, 3.63) is 58.8 Å². The van der Waals surface area contributed by atoms with Gasteiger partial charge in [-0.2, -0.15) is 0 Å². The molecular formula is C18H23ClN2OS. The van der Waals surface area contributed by atoms with Crippen LogP contribution in [0.25, 0.3) is 0 Å². The molecule has 124 valence electrons. The lowest BCUT2D eigenvalue weighted by Crippen LogP contribution is -2.13. The van der Waals surface area contributed by atoms with Gasteiger partial charge in [-0.05, 0) is 44.0 Å². The van der Waals surface area contributed by atoms with Gasteiger partial charge in [0, 0.05) is 22.7 Å². The van der Waals surface area contributed by atoms with Gasteiger partial charge in [0.1, 0.15) is 0 Å². The van der Waals surface area contributed by atoms with Crippen LogP contribution in [0.2, 0.25) is 5.02 Å². The maximum Gasteiger partial charge on any atom is 0.250 e. The van der Waals surface area contributed by atoms with Gasteiger partial charge in [0.05, 0.1) is 10.6 Å². The van der Waals surface area contributed by atoms with E-state index >= 15 is 0 Å². The normalized spacial score (nSPS) is 9.96. The molecule has 0 aliphatic rings. The Balaban J connectivity index is 0.000000593.